The summed E-state index contributed by atoms with van der Waals surface area (Å²) in [6.45, 7) is 5.59. The van der Waals surface area contributed by atoms with Crippen molar-refractivity contribution in [1.82, 2.24) is 4.98 Å². The Morgan fingerprint density at radius 1 is 1.45 bits per heavy atom. The monoisotopic (exact) mass is 297 g/mol. The van der Waals surface area contributed by atoms with Gasteiger partial charge in [-0.3, -0.25) is 9.78 Å². The summed E-state index contributed by atoms with van der Waals surface area (Å²) < 4.78 is 0. The van der Waals surface area contributed by atoms with Crippen LogP contribution in [0.25, 0.3) is 0 Å². The highest BCUT2D eigenvalue weighted by Crippen LogP contribution is 2.24. The molecule has 0 aliphatic carbocycles. The number of rotatable bonds is 6. The van der Waals surface area contributed by atoms with Gasteiger partial charge in [-0.05, 0) is 31.2 Å². The van der Waals surface area contributed by atoms with Gasteiger partial charge in [0.2, 0.25) is 0 Å². The van der Waals surface area contributed by atoms with E-state index in [0.29, 0.717) is 12.1 Å². The van der Waals surface area contributed by atoms with E-state index in [4.69, 9.17) is 9.59 Å². The maximum Gasteiger partial charge on any atom is 0.373 e. The Morgan fingerprint density at radius 2 is 2.05 bits per heavy atom. The number of Topliss-reactive ketones (excluding diaryl/α,β-unsaturated/α-hetero) is 1. The number of hydrogen-bond acceptors (Lipinski definition) is 6. The van der Waals surface area contributed by atoms with Gasteiger partial charge in [0.05, 0.1) is 5.60 Å². The molecule has 0 radical (unpaired) electrons. The van der Waals surface area contributed by atoms with Crippen molar-refractivity contribution in [2.24, 2.45) is 0 Å². The van der Waals surface area contributed by atoms with Crippen LogP contribution in [0.4, 0.5) is 0 Å². The van der Waals surface area contributed by atoms with Crippen LogP contribution < -0.4 is 0 Å². The molecule has 110 valence electrons. The van der Waals surface area contributed by atoms with E-state index in [1.54, 1.807) is 24.9 Å². The summed E-state index contributed by atoms with van der Waals surface area (Å²) in [7, 11) is 0. The van der Waals surface area contributed by atoms with E-state index in [-0.39, 0.29) is 18.4 Å². The van der Waals surface area contributed by atoms with Crippen molar-refractivity contribution in [3.63, 3.8) is 0 Å². The summed E-state index contributed by atoms with van der Waals surface area (Å²) in [6, 6.07) is 3.72. The summed E-state index contributed by atoms with van der Waals surface area (Å²) in [4.78, 5) is 33.4. The molecule has 1 unspecified atom stereocenters. The van der Waals surface area contributed by atoms with E-state index in [1.165, 1.54) is 0 Å². The highest BCUT2D eigenvalue weighted by Gasteiger charge is 2.24. The third-order valence-electron chi connectivity index (χ3n) is 2.64. The fraction of sp³-hybridized carbons (Fsp3) is 0.500. The van der Waals surface area contributed by atoms with Crippen LogP contribution in [0.1, 0.15) is 44.1 Å². The predicted octanol–water partition coefficient (Wildman–Crippen LogP) is 2.34. The third-order valence-corrected chi connectivity index (χ3v) is 3.57. The Morgan fingerprint density at radius 3 is 2.55 bits per heavy atom. The number of ketones is 1. The molecule has 0 aromatic carbocycles. The Kier molecular flexibility index (Phi) is 8.72. The van der Waals surface area contributed by atoms with Crippen LogP contribution >= 0.6 is 11.8 Å². The molecule has 1 N–H and O–H groups in total. The van der Waals surface area contributed by atoms with Gasteiger partial charge in [0.1, 0.15) is 5.69 Å². The maximum atomic E-state index is 12.1. The van der Waals surface area contributed by atoms with Gasteiger partial charge in [0.25, 0.3) is 0 Å². The minimum atomic E-state index is -0.942. The molecule has 0 bridgehead atoms. The number of hydrogen-bond donors (Lipinski definition) is 1. The van der Waals surface area contributed by atoms with Gasteiger partial charge in [-0.25, -0.2) is 0 Å². The maximum absolute atomic E-state index is 12.1. The van der Waals surface area contributed by atoms with Gasteiger partial charge in [0, 0.05) is 17.5 Å². The van der Waals surface area contributed by atoms with Gasteiger partial charge in [-0.15, -0.1) is 11.8 Å². The first-order valence-electron chi connectivity index (χ1n) is 6.24. The van der Waals surface area contributed by atoms with Crippen molar-refractivity contribution in [2.45, 2.75) is 44.1 Å². The van der Waals surface area contributed by atoms with Crippen LogP contribution in [-0.4, -0.2) is 33.4 Å². The fourth-order valence-electron chi connectivity index (χ4n) is 1.43. The second kappa shape index (κ2) is 9.42. The summed E-state index contributed by atoms with van der Waals surface area (Å²) in [5, 5.41) is 9.92. The van der Waals surface area contributed by atoms with Crippen molar-refractivity contribution >= 4 is 23.7 Å². The summed E-state index contributed by atoms with van der Waals surface area (Å²) >= 11 is 1.60. The molecule has 1 aromatic heterocycles. The number of carbonyl (C=O) groups excluding carboxylic acids is 3. The summed E-state index contributed by atoms with van der Waals surface area (Å²) in [6.07, 6.45) is 2.55. The minimum absolute atomic E-state index is 0.0894. The fourth-order valence-corrected chi connectivity index (χ4v) is 2.22. The number of aromatic nitrogens is 1. The highest BCUT2D eigenvalue weighted by molar-refractivity contribution is 7.99. The van der Waals surface area contributed by atoms with Crippen molar-refractivity contribution in [3.8, 4) is 0 Å². The van der Waals surface area contributed by atoms with Crippen LogP contribution in [0, 0.1) is 0 Å². The van der Waals surface area contributed by atoms with Gasteiger partial charge >= 0.3 is 6.15 Å². The molecule has 0 aliphatic heterocycles. The van der Waals surface area contributed by atoms with E-state index in [0.717, 1.165) is 10.6 Å². The second-order valence-corrected chi connectivity index (χ2v) is 5.62. The van der Waals surface area contributed by atoms with E-state index >= 15 is 0 Å². The van der Waals surface area contributed by atoms with Gasteiger partial charge in [0.15, 0.2) is 5.78 Å². The van der Waals surface area contributed by atoms with Crippen molar-refractivity contribution in [1.29, 1.82) is 0 Å². The first-order chi connectivity index (χ1) is 9.41. The molecule has 0 fully saturated rings. The number of nitrogens with zero attached hydrogens (tertiary/aromatic N) is 1. The van der Waals surface area contributed by atoms with E-state index < -0.39 is 5.60 Å². The van der Waals surface area contributed by atoms with Crippen LogP contribution in [0.2, 0.25) is 0 Å². The smallest absolute Gasteiger partial charge is 0.373 e. The SMILES string of the molecule is CCSc1cccnc1C(=O)CC(C)(O)CC.O=C=O. The van der Waals surface area contributed by atoms with Crippen molar-refractivity contribution in [3.05, 3.63) is 24.0 Å². The van der Waals surface area contributed by atoms with Crippen LogP contribution in [-0.2, 0) is 9.59 Å². The minimum Gasteiger partial charge on any atom is -0.390 e. The average Bonchev–Trinajstić information content (AvgIpc) is 2.40. The molecule has 6 heteroatoms. The van der Waals surface area contributed by atoms with Crippen molar-refractivity contribution < 1.29 is 19.5 Å². The second-order valence-electron chi connectivity index (χ2n) is 4.32. The average molecular weight is 297 g/mol. The van der Waals surface area contributed by atoms with Crippen LogP contribution in [0.15, 0.2) is 23.2 Å². The van der Waals surface area contributed by atoms with Crippen LogP contribution in [0.5, 0.6) is 0 Å². The highest BCUT2D eigenvalue weighted by atomic mass is 32.2. The quantitative estimate of drug-likeness (QED) is 0.641. The molecular weight excluding hydrogens is 278 g/mol. The largest absolute Gasteiger partial charge is 0.390 e. The lowest BCUT2D eigenvalue weighted by molar-refractivity contribution is -0.191. The van der Waals surface area contributed by atoms with Gasteiger partial charge in [-0.2, -0.15) is 9.59 Å². The molecule has 1 rings (SSSR count). The topological polar surface area (TPSA) is 84.3 Å². The van der Waals surface area contributed by atoms with E-state index in [2.05, 4.69) is 4.98 Å². The van der Waals surface area contributed by atoms with E-state index in [9.17, 15) is 9.90 Å². The number of pyridine rings is 1. The predicted molar refractivity (Wildman–Crippen MR) is 75.5 cm³/mol. The van der Waals surface area contributed by atoms with Crippen LogP contribution in [0.3, 0.4) is 0 Å². The number of thioether (sulfide) groups is 1. The molecule has 1 heterocycles. The van der Waals surface area contributed by atoms with E-state index in [1.807, 2.05) is 26.0 Å². The lowest BCUT2D eigenvalue weighted by Crippen LogP contribution is -2.27. The summed E-state index contributed by atoms with van der Waals surface area (Å²) in [5.41, 5.74) is -0.462. The number of aliphatic hydroxyl groups is 1. The Labute approximate surface area is 122 Å². The molecule has 5 nitrogen and oxygen atoms in total. The van der Waals surface area contributed by atoms with Gasteiger partial charge < -0.3 is 5.11 Å². The molecule has 0 amide bonds. The molecule has 1 atom stereocenters. The summed E-state index contributed by atoms with van der Waals surface area (Å²) in [5.74, 6) is 0.810. The molecule has 1 aromatic rings. The lowest BCUT2D eigenvalue weighted by Gasteiger charge is -2.20. The molecular formula is C14H19NO4S. The first-order valence-corrected chi connectivity index (χ1v) is 7.23. The Bertz CT molecular complexity index is 468. The Hall–Kier alpha value is -1.49. The zero-order chi connectivity index (χ0) is 15.6. The lowest BCUT2D eigenvalue weighted by atomic mass is 9.95. The molecule has 0 saturated heterocycles. The zero-order valence-corrected chi connectivity index (χ0v) is 12.7. The molecule has 20 heavy (non-hydrogen) atoms. The third kappa shape index (κ3) is 6.61. The molecule has 0 aliphatic rings. The zero-order valence-electron chi connectivity index (χ0n) is 11.9. The number of carbonyl (C=O) groups is 1. The first kappa shape index (κ1) is 18.5. The molecule has 0 spiro atoms. The standard InChI is InChI=1S/C13H19NO2S.CO2/c1-4-13(3,16)9-10(15)12-11(17-5-2)7-6-8-14-12;2-1-3/h6-8,16H,4-5,9H2,1-3H3;. The normalized spacial score (nSPS) is 12.6. The van der Waals surface area contributed by atoms with Crippen molar-refractivity contribution in [2.75, 3.05) is 5.75 Å². The molecule has 0 saturated carbocycles. The van der Waals surface area contributed by atoms with Gasteiger partial charge in [-0.1, -0.05) is 13.8 Å². The Balaban J connectivity index is 0.00000110.